The molecule has 1 fully saturated rings. The maximum absolute atomic E-state index is 10.4. The van der Waals surface area contributed by atoms with Crippen LogP contribution in [-0.2, 0) is 4.79 Å². The minimum absolute atomic E-state index is 0.192. The number of carboxylic acids is 1. The van der Waals surface area contributed by atoms with Crippen molar-refractivity contribution in [3.63, 3.8) is 0 Å². The van der Waals surface area contributed by atoms with E-state index in [2.05, 4.69) is 20.4 Å². The first-order valence-electron chi connectivity index (χ1n) is 4.45. The van der Waals surface area contributed by atoms with Crippen molar-refractivity contribution in [1.29, 1.82) is 0 Å². The minimum Gasteiger partial charge on any atom is -0.478 e. The van der Waals surface area contributed by atoms with Crippen molar-refractivity contribution in [2.24, 2.45) is 17.3 Å². The van der Waals surface area contributed by atoms with E-state index in [9.17, 15) is 4.79 Å². The van der Waals surface area contributed by atoms with Gasteiger partial charge < -0.3 is 5.11 Å². The Kier molecular flexibility index (Phi) is 2.33. The van der Waals surface area contributed by atoms with Crippen molar-refractivity contribution in [2.45, 2.75) is 20.8 Å². The van der Waals surface area contributed by atoms with Gasteiger partial charge in [-0.1, -0.05) is 25.5 Å². The van der Waals surface area contributed by atoms with Gasteiger partial charge in [0.1, 0.15) is 0 Å². The Bertz CT molecular complexity index is 274. The van der Waals surface area contributed by atoms with Crippen LogP contribution < -0.4 is 0 Å². The van der Waals surface area contributed by atoms with Crippen LogP contribution >= 0.6 is 0 Å². The second-order valence-corrected chi connectivity index (χ2v) is 4.29. The van der Waals surface area contributed by atoms with Gasteiger partial charge in [-0.05, 0) is 24.2 Å². The molecule has 0 amide bonds. The van der Waals surface area contributed by atoms with Crippen LogP contribution in [0.25, 0.3) is 0 Å². The normalized spacial score (nSPS) is 31.2. The average molecular weight is 180 g/mol. The van der Waals surface area contributed by atoms with E-state index in [0.29, 0.717) is 11.8 Å². The summed E-state index contributed by atoms with van der Waals surface area (Å²) in [5, 5.41) is 8.59. The Morgan fingerprint density at radius 2 is 2.08 bits per heavy atom. The third-order valence-corrected chi connectivity index (χ3v) is 3.01. The molecule has 2 atom stereocenters. The van der Waals surface area contributed by atoms with E-state index in [0.717, 1.165) is 5.57 Å². The quantitative estimate of drug-likeness (QED) is 0.535. The summed E-state index contributed by atoms with van der Waals surface area (Å²) in [4.78, 5) is 10.4. The number of allylic oxidation sites excluding steroid dienone is 2. The zero-order valence-corrected chi connectivity index (χ0v) is 8.37. The Morgan fingerprint density at radius 3 is 2.38 bits per heavy atom. The minimum atomic E-state index is -0.858. The summed E-state index contributed by atoms with van der Waals surface area (Å²) in [5.41, 5.74) is 1.14. The zero-order chi connectivity index (χ0) is 10.2. The Balaban J connectivity index is 2.77. The molecular formula is C11H16O2. The van der Waals surface area contributed by atoms with Gasteiger partial charge in [0.15, 0.2) is 0 Å². The standard InChI is InChI=1S/C11H16O2/c1-5-8-10(11(8,3)4)7(2)6-9(12)13/h5-6,8,10H,1H2,2-4H3,(H,12,13)/b7-6-/t8-,10-/m0/s1. The lowest BCUT2D eigenvalue weighted by atomic mass is 10.0. The molecule has 2 heteroatoms. The molecule has 2 nitrogen and oxygen atoms in total. The van der Waals surface area contributed by atoms with E-state index < -0.39 is 5.97 Å². The van der Waals surface area contributed by atoms with E-state index in [1.54, 1.807) is 0 Å². The number of aliphatic carboxylic acids is 1. The highest BCUT2D eigenvalue weighted by molar-refractivity contribution is 5.80. The summed E-state index contributed by atoms with van der Waals surface area (Å²) in [6, 6.07) is 0. The van der Waals surface area contributed by atoms with Crippen LogP contribution in [-0.4, -0.2) is 11.1 Å². The average Bonchev–Trinajstić information content (AvgIpc) is 2.51. The molecule has 1 N–H and O–H groups in total. The van der Waals surface area contributed by atoms with Crippen LogP contribution in [0.5, 0.6) is 0 Å². The van der Waals surface area contributed by atoms with Gasteiger partial charge in [-0.25, -0.2) is 4.79 Å². The van der Waals surface area contributed by atoms with Gasteiger partial charge in [0.25, 0.3) is 0 Å². The molecule has 1 aliphatic carbocycles. The fourth-order valence-corrected chi connectivity index (χ4v) is 2.27. The molecule has 0 unspecified atom stereocenters. The van der Waals surface area contributed by atoms with Crippen molar-refractivity contribution in [2.75, 3.05) is 0 Å². The number of hydrogen-bond donors (Lipinski definition) is 1. The third kappa shape index (κ3) is 1.67. The summed E-state index contributed by atoms with van der Waals surface area (Å²) in [7, 11) is 0. The first-order valence-corrected chi connectivity index (χ1v) is 4.45. The highest BCUT2D eigenvalue weighted by Gasteiger charge is 2.56. The number of carboxylic acid groups (broad SMARTS) is 1. The van der Waals surface area contributed by atoms with Crippen LogP contribution in [0.2, 0.25) is 0 Å². The molecule has 72 valence electrons. The maximum Gasteiger partial charge on any atom is 0.328 e. The fourth-order valence-electron chi connectivity index (χ4n) is 2.27. The Hall–Kier alpha value is -1.05. The van der Waals surface area contributed by atoms with Crippen molar-refractivity contribution < 1.29 is 9.90 Å². The van der Waals surface area contributed by atoms with Crippen molar-refractivity contribution >= 4 is 5.97 Å². The van der Waals surface area contributed by atoms with Crippen molar-refractivity contribution in [3.8, 4) is 0 Å². The van der Waals surface area contributed by atoms with Gasteiger partial charge in [-0.2, -0.15) is 0 Å². The Labute approximate surface area is 79.0 Å². The van der Waals surface area contributed by atoms with Crippen LogP contribution in [0.4, 0.5) is 0 Å². The largest absolute Gasteiger partial charge is 0.478 e. The van der Waals surface area contributed by atoms with Crippen LogP contribution in [0.3, 0.4) is 0 Å². The second-order valence-electron chi connectivity index (χ2n) is 4.29. The molecule has 0 aromatic heterocycles. The molecule has 13 heavy (non-hydrogen) atoms. The molecule has 0 aromatic carbocycles. The monoisotopic (exact) mass is 180 g/mol. The predicted octanol–water partition coefficient (Wildman–Crippen LogP) is 2.48. The molecule has 0 spiro atoms. The summed E-state index contributed by atoms with van der Waals surface area (Å²) < 4.78 is 0. The lowest BCUT2D eigenvalue weighted by Crippen LogP contribution is -1.95. The molecule has 1 rings (SSSR count). The molecule has 0 aromatic rings. The van der Waals surface area contributed by atoms with E-state index in [4.69, 9.17) is 5.11 Å². The summed E-state index contributed by atoms with van der Waals surface area (Å²) in [6.45, 7) is 9.92. The molecule has 0 saturated heterocycles. The molecule has 0 radical (unpaired) electrons. The van der Waals surface area contributed by atoms with Crippen molar-refractivity contribution in [1.82, 2.24) is 0 Å². The lowest BCUT2D eigenvalue weighted by molar-refractivity contribution is -0.131. The van der Waals surface area contributed by atoms with Gasteiger partial charge in [0.05, 0.1) is 0 Å². The van der Waals surface area contributed by atoms with Crippen LogP contribution in [0.1, 0.15) is 20.8 Å². The molecule has 0 bridgehead atoms. The topological polar surface area (TPSA) is 37.3 Å². The summed E-state index contributed by atoms with van der Waals surface area (Å²) >= 11 is 0. The lowest BCUT2D eigenvalue weighted by Gasteiger charge is -2.00. The van der Waals surface area contributed by atoms with Gasteiger partial charge in [-0.15, -0.1) is 6.58 Å². The SMILES string of the molecule is C=C[C@H]1[C@H](/C(C)=C\C(=O)O)C1(C)C. The van der Waals surface area contributed by atoms with Gasteiger partial charge in [0, 0.05) is 6.08 Å². The predicted molar refractivity (Wildman–Crippen MR) is 52.4 cm³/mol. The first-order chi connectivity index (χ1) is 5.91. The smallest absolute Gasteiger partial charge is 0.328 e. The van der Waals surface area contributed by atoms with E-state index in [1.807, 2.05) is 13.0 Å². The fraction of sp³-hybridized carbons (Fsp3) is 0.545. The van der Waals surface area contributed by atoms with E-state index >= 15 is 0 Å². The van der Waals surface area contributed by atoms with Gasteiger partial charge in [-0.3, -0.25) is 0 Å². The molecular weight excluding hydrogens is 164 g/mol. The Morgan fingerprint density at radius 1 is 1.54 bits per heavy atom. The second kappa shape index (κ2) is 3.02. The first kappa shape index (κ1) is 10.0. The highest BCUT2D eigenvalue weighted by atomic mass is 16.4. The van der Waals surface area contributed by atoms with Gasteiger partial charge in [0.2, 0.25) is 0 Å². The van der Waals surface area contributed by atoms with Crippen LogP contribution in [0, 0.1) is 17.3 Å². The summed E-state index contributed by atoms with van der Waals surface area (Å²) in [5.74, 6) is -0.0628. The molecule has 0 aliphatic heterocycles. The van der Waals surface area contributed by atoms with Gasteiger partial charge >= 0.3 is 5.97 Å². The number of hydrogen-bond acceptors (Lipinski definition) is 1. The van der Waals surface area contributed by atoms with Crippen molar-refractivity contribution in [3.05, 3.63) is 24.3 Å². The van der Waals surface area contributed by atoms with E-state index in [-0.39, 0.29) is 5.41 Å². The van der Waals surface area contributed by atoms with E-state index in [1.165, 1.54) is 6.08 Å². The number of carbonyl (C=O) groups is 1. The molecule has 1 aliphatic rings. The maximum atomic E-state index is 10.4. The van der Waals surface area contributed by atoms with Crippen LogP contribution in [0.15, 0.2) is 24.3 Å². The zero-order valence-electron chi connectivity index (χ0n) is 8.37. The third-order valence-electron chi connectivity index (χ3n) is 3.01. The summed E-state index contributed by atoms with van der Waals surface area (Å²) in [6.07, 6.45) is 3.22. The number of rotatable bonds is 3. The molecule has 1 saturated carbocycles. The molecule has 0 heterocycles. The highest BCUT2D eigenvalue weighted by Crippen LogP contribution is 2.62.